The van der Waals surface area contributed by atoms with E-state index in [1.54, 1.807) is 6.07 Å². The van der Waals surface area contributed by atoms with Crippen LogP contribution in [0.2, 0.25) is 0 Å². The van der Waals surface area contributed by atoms with Crippen LogP contribution in [0.1, 0.15) is 33.6 Å². The lowest BCUT2D eigenvalue weighted by atomic mass is 10.2. The van der Waals surface area contributed by atoms with Crippen LogP contribution < -0.4 is 14.8 Å². The molecule has 0 heterocycles. The van der Waals surface area contributed by atoms with Crippen LogP contribution in [-0.2, 0) is 0 Å². The van der Waals surface area contributed by atoms with Gasteiger partial charge in [0.25, 0.3) is 0 Å². The third-order valence-corrected chi connectivity index (χ3v) is 2.55. The highest BCUT2D eigenvalue weighted by atomic mass is 16.6. The zero-order valence-corrected chi connectivity index (χ0v) is 12.3. The number of hydrogen-bond donors (Lipinski definition) is 1. The molecule has 0 atom stereocenters. The number of nitrogens with zero attached hydrogens (tertiary/aromatic N) is 1. The topological polar surface area (TPSA) is 73.6 Å². The molecule has 112 valence electrons. The SMILES string of the molecule is CCCOc1cc(OCCC)c([N+](=O)[O-])cc1NCC. The fraction of sp³-hybridized carbons (Fsp3) is 0.571. The fourth-order valence-electron chi connectivity index (χ4n) is 1.68. The number of nitro groups is 1. The smallest absolute Gasteiger partial charge is 0.313 e. The van der Waals surface area contributed by atoms with Crippen molar-refractivity contribution in [2.45, 2.75) is 33.6 Å². The van der Waals surface area contributed by atoms with Gasteiger partial charge in [-0.3, -0.25) is 10.1 Å². The molecule has 1 aromatic carbocycles. The first kappa shape index (κ1) is 16.1. The van der Waals surface area contributed by atoms with E-state index < -0.39 is 4.92 Å². The molecule has 6 heteroatoms. The minimum atomic E-state index is -0.435. The standard InChI is InChI=1S/C14H22N2O4/c1-4-7-19-13-10-14(20-8-5-2)12(16(17)18)9-11(13)15-6-3/h9-10,15H,4-8H2,1-3H3. The molecule has 6 nitrogen and oxygen atoms in total. The Morgan fingerprint density at radius 2 is 1.70 bits per heavy atom. The first-order chi connectivity index (χ1) is 9.63. The van der Waals surface area contributed by atoms with Crippen LogP contribution in [0.3, 0.4) is 0 Å². The number of ether oxygens (including phenoxy) is 2. The highest BCUT2D eigenvalue weighted by molar-refractivity contribution is 5.67. The van der Waals surface area contributed by atoms with Crippen LogP contribution in [0.4, 0.5) is 11.4 Å². The molecule has 1 aromatic rings. The summed E-state index contributed by atoms with van der Waals surface area (Å²) in [4.78, 5) is 10.7. The zero-order chi connectivity index (χ0) is 15.0. The number of rotatable bonds is 9. The molecule has 0 amide bonds. The maximum atomic E-state index is 11.1. The van der Waals surface area contributed by atoms with Crippen LogP contribution in [0, 0.1) is 10.1 Å². The van der Waals surface area contributed by atoms with Gasteiger partial charge < -0.3 is 14.8 Å². The van der Waals surface area contributed by atoms with Crippen molar-refractivity contribution < 1.29 is 14.4 Å². The molecule has 0 spiro atoms. The molecule has 0 fully saturated rings. The molecule has 0 radical (unpaired) electrons. The predicted octanol–water partition coefficient (Wildman–Crippen LogP) is 3.60. The van der Waals surface area contributed by atoms with Crippen molar-refractivity contribution in [1.29, 1.82) is 0 Å². The molecule has 0 bridgehead atoms. The molecule has 0 aliphatic carbocycles. The average Bonchev–Trinajstić information content (AvgIpc) is 2.44. The number of nitro benzene ring substituents is 1. The van der Waals surface area contributed by atoms with Gasteiger partial charge in [-0.05, 0) is 19.8 Å². The maximum Gasteiger partial charge on any atom is 0.313 e. The van der Waals surface area contributed by atoms with Gasteiger partial charge in [-0.2, -0.15) is 0 Å². The van der Waals surface area contributed by atoms with Gasteiger partial charge in [-0.25, -0.2) is 0 Å². The van der Waals surface area contributed by atoms with Gasteiger partial charge in [0.05, 0.1) is 23.8 Å². The quantitative estimate of drug-likeness (QED) is 0.553. The summed E-state index contributed by atoms with van der Waals surface area (Å²) in [5.74, 6) is 0.843. The highest BCUT2D eigenvalue weighted by Crippen LogP contribution is 2.38. The van der Waals surface area contributed by atoms with Gasteiger partial charge in [0, 0.05) is 18.7 Å². The Morgan fingerprint density at radius 1 is 1.10 bits per heavy atom. The summed E-state index contributed by atoms with van der Waals surface area (Å²) in [6, 6.07) is 3.07. The Morgan fingerprint density at radius 3 is 2.20 bits per heavy atom. The molecular formula is C14H22N2O4. The van der Waals surface area contributed by atoms with E-state index >= 15 is 0 Å². The Labute approximate surface area is 119 Å². The summed E-state index contributed by atoms with van der Waals surface area (Å²) < 4.78 is 11.1. The lowest BCUT2D eigenvalue weighted by molar-refractivity contribution is -0.385. The molecule has 0 aliphatic rings. The summed E-state index contributed by atoms with van der Waals surface area (Å²) in [5.41, 5.74) is 0.578. The summed E-state index contributed by atoms with van der Waals surface area (Å²) in [6.07, 6.45) is 1.66. The summed E-state index contributed by atoms with van der Waals surface area (Å²) >= 11 is 0. The third kappa shape index (κ3) is 4.29. The number of nitrogens with one attached hydrogen (secondary N) is 1. The van der Waals surface area contributed by atoms with E-state index in [4.69, 9.17) is 9.47 Å². The van der Waals surface area contributed by atoms with E-state index in [-0.39, 0.29) is 11.4 Å². The normalized spacial score (nSPS) is 10.2. The third-order valence-electron chi connectivity index (χ3n) is 2.55. The van der Waals surface area contributed by atoms with Crippen molar-refractivity contribution in [2.75, 3.05) is 25.1 Å². The van der Waals surface area contributed by atoms with Crippen LogP contribution >= 0.6 is 0 Å². The summed E-state index contributed by atoms with van der Waals surface area (Å²) in [5, 5.41) is 14.2. The molecule has 0 aliphatic heterocycles. The minimum absolute atomic E-state index is 0.0433. The summed E-state index contributed by atoms with van der Waals surface area (Å²) in [6.45, 7) is 7.55. The molecule has 20 heavy (non-hydrogen) atoms. The second-order valence-electron chi connectivity index (χ2n) is 4.30. The van der Waals surface area contributed by atoms with E-state index in [0.29, 0.717) is 31.2 Å². The Bertz CT molecular complexity index is 449. The van der Waals surface area contributed by atoms with E-state index in [0.717, 1.165) is 12.8 Å². The summed E-state index contributed by atoms with van der Waals surface area (Å²) in [7, 11) is 0. The molecule has 0 saturated carbocycles. The van der Waals surface area contributed by atoms with E-state index in [1.807, 2.05) is 20.8 Å². The Kier molecular flexibility index (Phi) is 6.63. The van der Waals surface area contributed by atoms with Crippen molar-refractivity contribution in [2.24, 2.45) is 0 Å². The van der Waals surface area contributed by atoms with Crippen molar-refractivity contribution in [1.82, 2.24) is 0 Å². The first-order valence-corrected chi connectivity index (χ1v) is 6.95. The number of hydrogen-bond acceptors (Lipinski definition) is 5. The van der Waals surface area contributed by atoms with Crippen molar-refractivity contribution >= 4 is 11.4 Å². The molecular weight excluding hydrogens is 260 g/mol. The Balaban J connectivity index is 3.15. The lowest BCUT2D eigenvalue weighted by Gasteiger charge is -2.14. The second-order valence-corrected chi connectivity index (χ2v) is 4.30. The van der Waals surface area contributed by atoms with E-state index in [2.05, 4.69) is 5.32 Å². The van der Waals surface area contributed by atoms with Gasteiger partial charge in [-0.1, -0.05) is 13.8 Å². The van der Waals surface area contributed by atoms with Gasteiger partial charge in [0.1, 0.15) is 5.75 Å². The maximum absolute atomic E-state index is 11.1. The number of anilines is 1. The minimum Gasteiger partial charge on any atom is -0.491 e. The monoisotopic (exact) mass is 282 g/mol. The fourth-order valence-corrected chi connectivity index (χ4v) is 1.68. The average molecular weight is 282 g/mol. The van der Waals surface area contributed by atoms with Crippen LogP contribution in [-0.4, -0.2) is 24.7 Å². The van der Waals surface area contributed by atoms with E-state index in [1.165, 1.54) is 6.07 Å². The molecule has 0 saturated heterocycles. The first-order valence-electron chi connectivity index (χ1n) is 6.95. The molecule has 1 N–H and O–H groups in total. The van der Waals surface area contributed by atoms with Crippen LogP contribution in [0.25, 0.3) is 0 Å². The zero-order valence-electron chi connectivity index (χ0n) is 12.3. The molecule has 0 unspecified atom stereocenters. The van der Waals surface area contributed by atoms with Gasteiger partial charge in [0.2, 0.25) is 5.75 Å². The second kappa shape index (κ2) is 8.24. The van der Waals surface area contributed by atoms with Crippen molar-refractivity contribution in [3.63, 3.8) is 0 Å². The lowest BCUT2D eigenvalue weighted by Crippen LogP contribution is -2.06. The highest BCUT2D eigenvalue weighted by Gasteiger charge is 2.20. The molecule has 0 aromatic heterocycles. The van der Waals surface area contributed by atoms with Gasteiger partial charge in [-0.15, -0.1) is 0 Å². The Hall–Kier alpha value is -1.98. The van der Waals surface area contributed by atoms with Gasteiger partial charge >= 0.3 is 5.69 Å². The van der Waals surface area contributed by atoms with E-state index in [9.17, 15) is 10.1 Å². The largest absolute Gasteiger partial charge is 0.491 e. The van der Waals surface area contributed by atoms with Crippen molar-refractivity contribution in [3.8, 4) is 11.5 Å². The van der Waals surface area contributed by atoms with Crippen molar-refractivity contribution in [3.05, 3.63) is 22.2 Å². The number of benzene rings is 1. The molecule has 1 rings (SSSR count). The van der Waals surface area contributed by atoms with Crippen LogP contribution in [0.15, 0.2) is 12.1 Å². The van der Waals surface area contributed by atoms with Crippen LogP contribution in [0.5, 0.6) is 11.5 Å². The van der Waals surface area contributed by atoms with Gasteiger partial charge in [0.15, 0.2) is 0 Å². The predicted molar refractivity (Wildman–Crippen MR) is 78.8 cm³/mol.